The molecule has 1 aromatic carbocycles. The number of carbonyl (C=O) groups excluding carboxylic acids is 2. The van der Waals surface area contributed by atoms with E-state index < -0.39 is 0 Å². The third-order valence-electron chi connectivity index (χ3n) is 3.00. The van der Waals surface area contributed by atoms with Gasteiger partial charge < -0.3 is 10.6 Å². The quantitative estimate of drug-likeness (QED) is 0.907. The van der Waals surface area contributed by atoms with E-state index in [0.29, 0.717) is 11.3 Å². The summed E-state index contributed by atoms with van der Waals surface area (Å²) in [5, 5.41) is 9.48. The van der Waals surface area contributed by atoms with E-state index >= 15 is 0 Å². The van der Waals surface area contributed by atoms with Crippen LogP contribution in [0, 0.1) is 0 Å². The average Bonchev–Trinajstić information content (AvgIpc) is 2.94. The topological polar surface area (TPSA) is 76.0 Å². The molecule has 0 saturated heterocycles. The van der Waals surface area contributed by atoms with Crippen molar-refractivity contribution in [2.75, 3.05) is 11.9 Å². The van der Waals surface area contributed by atoms with Gasteiger partial charge in [0, 0.05) is 11.8 Å². The molecular formula is C16H20N4O2. The van der Waals surface area contributed by atoms with E-state index in [1.54, 1.807) is 41.3 Å². The van der Waals surface area contributed by atoms with Gasteiger partial charge in [-0.1, -0.05) is 18.2 Å². The van der Waals surface area contributed by atoms with Gasteiger partial charge in [0.2, 0.25) is 5.91 Å². The van der Waals surface area contributed by atoms with E-state index in [4.69, 9.17) is 0 Å². The van der Waals surface area contributed by atoms with E-state index in [9.17, 15) is 9.59 Å². The summed E-state index contributed by atoms with van der Waals surface area (Å²) in [6, 6.07) is 8.77. The minimum atomic E-state index is -0.294. The summed E-state index contributed by atoms with van der Waals surface area (Å²) < 4.78 is 1.77. The zero-order valence-electron chi connectivity index (χ0n) is 13.0. The fraction of sp³-hybridized carbons (Fsp3) is 0.312. The molecule has 0 bridgehead atoms. The number of benzene rings is 1. The molecule has 0 aliphatic heterocycles. The van der Waals surface area contributed by atoms with Crippen molar-refractivity contribution in [3.05, 3.63) is 48.3 Å². The van der Waals surface area contributed by atoms with Crippen LogP contribution in [0.1, 0.15) is 31.1 Å². The third-order valence-corrected chi connectivity index (χ3v) is 3.00. The van der Waals surface area contributed by atoms with Crippen LogP contribution in [0.3, 0.4) is 0 Å². The Balaban J connectivity index is 1.86. The standard InChI is InChI=1S/C16H20N4O2/c1-16(2,3)20-11-13(9-18-20)19-14(21)10-17-15(22)12-7-5-4-6-8-12/h4-9,11H,10H2,1-3H3,(H,17,22)(H,19,21). The molecule has 0 saturated carbocycles. The number of rotatable bonds is 4. The van der Waals surface area contributed by atoms with Crippen LogP contribution in [0.2, 0.25) is 0 Å². The van der Waals surface area contributed by atoms with Crippen molar-refractivity contribution in [2.45, 2.75) is 26.3 Å². The summed E-state index contributed by atoms with van der Waals surface area (Å²) in [4.78, 5) is 23.7. The Labute approximate surface area is 129 Å². The number of amides is 2. The van der Waals surface area contributed by atoms with Crippen molar-refractivity contribution in [3.63, 3.8) is 0 Å². The van der Waals surface area contributed by atoms with Gasteiger partial charge in [-0.2, -0.15) is 5.10 Å². The van der Waals surface area contributed by atoms with Crippen molar-refractivity contribution in [1.82, 2.24) is 15.1 Å². The molecule has 1 heterocycles. The highest BCUT2D eigenvalue weighted by molar-refractivity contribution is 5.99. The lowest BCUT2D eigenvalue weighted by Crippen LogP contribution is -2.32. The molecule has 0 aliphatic rings. The van der Waals surface area contributed by atoms with Crippen LogP contribution in [0.5, 0.6) is 0 Å². The summed E-state index contributed by atoms with van der Waals surface area (Å²) in [7, 11) is 0. The second-order valence-electron chi connectivity index (χ2n) is 5.94. The zero-order chi connectivity index (χ0) is 16.2. The average molecular weight is 300 g/mol. The second-order valence-corrected chi connectivity index (χ2v) is 5.94. The maximum Gasteiger partial charge on any atom is 0.251 e. The Morgan fingerprint density at radius 2 is 1.86 bits per heavy atom. The summed E-state index contributed by atoms with van der Waals surface area (Å²) >= 11 is 0. The molecule has 0 atom stereocenters. The molecule has 2 aromatic rings. The monoisotopic (exact) mass is 300 g/mol. The van der Waals surface area contributed by atoms with Gasteiger partial charge in [0.05, 0.1) is 24.0 Å². The minimum Gasteiger partial charge on any atom is -0.343 e. The number of hydrogen-bond donors (Lipinski definition) is 2. The van der Waals surface area contributed by atoms with Gasteiger partial charge in [-0.3, -0.25) is 14.3 Å². The van der Waals surface area contributed by atoms with Gasteiger partial charge in [0.25, 0.3) is 5.91 Å². The van der Waals surface area contributed by atoms with Crippen LogP contribution in [0.25, 0.3) is 0 Å². The Hall–Kier alpha value is -2.63. The molecule has 6 nitrogen and oxygen atoms in total. The van der Waals surface area contributed by atoms with Crippen LogP contribution in [-0.4, -0.2) is 28.1 Å². The van der Waals surface area contributed by atoms with Gasteiger partial charge >= 0.3 is 0 Å². The Bertz CT molecular complexity index is 656. The summed E-state index contributed by atoms with van der Waals surface area (Å²) in [6.07, 6.45) is 3.35. The molecule has 0 fully saturated rings. The molecular weight excluding hydrogens is 280 g/mol. The SMILES string of the molecule is CC(C)(C)n1cc(NC(=O)CNC(=O)c2ccccc2)cn1. The Morgan fingerprint density at radius 1 is 1.18 bits per heavy atom. The first kappa shape index (κ1) is 15.8. The number of anilines is 1. The second kappa shape index (κ2) is 6.43. The lowest BCUT2D eigenvalue weighted by Gasteiger charge is -2.18. The van der Waals surface area contributed by atoms with E-state index in [1.807, 2.05) is 26.8 Å². The first-order valence-corrected chi connectivity index (χ1v) is 7.04. The molecule has 1 aromatic heterocycles. The molecule has 116 valence electrons. The lowest BCUT2D eigenvalue weighted by molar-refractivity contribution is -0.115. The van der Waals surface area contributed by atoms with Crippen molar-refractivity contribution in [3.8, 4) is 0 Å². The van der Waals surface area contributed by atoms with Crippen LogP contribution in [0.4, 0.5) is 5.69 Å². The van der Waals surface area contributed by atoms with E-state index in [-0.39, 0.29) is 23.9 Å². The molecule has 6 heteroatoms. The lowest BCUT2D eigenvalue weighted by atomic mass is 10.1. The number of nitrogens with zero attached hydrogens (tertiary/aromatic N) is 2. The van der Waals surface area contributed by atoms with Crippen molar-refractivity contribution >= 4 is 17.5 Å². The Kier molecular flexibility index (Phi) is 4.60. The molecule has 0 radical (unpaired) electrons. The van der Waals surface area contributed by atoms with Gasteiger partial charge in [-0.25, -0.2) is 0 Å². The fourth-order valence-electron chi connectivity index (χ4n) is 1.81. The predicted molar refractivity (Wildman–Crippen MR) is 84.6 cm³/mol. The van der Waals surface area contributed by atoms with Gasteiger partial charge in [-0.05, 0) is 32.9 Å². The van der Waals surface area contributed by atoms with Crippen molar-refractivity contribution in [1.29, 1.82) is 0 Å². The van der Waals surface area contributed by atoms with E-state index in [2.05, 4.69) is 15.7 Å². The van der Waals surface area contributed by atoms with Crippen LogP contribution in [-0.2, 0) is 10.3 Å². The molecule has 2 rings (SSSR count). The summed E-state index contributed by atoms with van der Waals surface area (Å²) in [5.74, 6) is -0.570. The molecule has 0 spiro atoms. The van der Waals surface area contributed by atoms with E-state index in [0.717, 1.165) is 0 Å². The number of carbonyl (C=O) groups is 2. The van der Waals surface area contributed by atoms with Gasteiger partial charge in [0.1, 0.15) is 0 Å². The predicted octanol–water partition coefficient (Wildman–Crippen LogP) is 2.01. The molecule has 0 unspecified atom stereocenters. The Morgan fingerprint density at radius 3 is 2.45 bits per heavy atom. The molecule has 2 amide bonds. The third kappa shape index (κ3) is 4.18. The van der Waals surface area contributed by atoms with Crippen LogP contribution in [0.15, 0.2) is 42.7 Å². The van der Waals surface area contributed by atoms with Gasteiger partial charge in [0.15, 0.2) is 0 Å². The molecule has 22 heavy (non-hydrogen) atoms. The number of hydrogen-bond acceptors (Lipinski definition) is 3. The van der Waals surface area contributed by atoms with Crippen molar-refractivity contribution in [2.24, 2.45) is 0 Å². The number of nitrogens with one attached hydrogen (secondary N) is 2. The molecule has 0 aliphatic carbocycles. The first-order chi connectivity index (χ1) is 10.4. The largest absolute Gasteiger partial charge is 0.343 e. The molecule has 2 N–H and O–H groups in total. The smallest absolute Gasteiger partial charge is 0.251 e. The highest BCUT2D eigenvalue weighted by atomic mass is 16.2. The maximum absolute atomic E-state index is 11.8. The van der Waals surface area contributed by atoms with Gasteiger partial charge in [-0.15, -0.1) is 0 Å². The van der Waals surface area contributed by atoms with Crippen molar-refractivity contribution < 1.29 is 9.59 Å². The van der Waals surface area contributed by atoms with Crippen LogP contribution < -0.4 is 10.6 Å². The minimum absolute atomic E-state index is 0.0889. The summed E-state index contributed by atoms with van der Waals surface area (Å²) in [5.41, 5.74) is 0.981. The highest BCUT2D eigenvalue weighted by Gasteiger charge is 2.15. The van der Waals surface area contributed by atoms with E-state index in [1.165, 1.54) is 0 Å². The first-order valence-electron chi connectivity index (χ1n) is 7.04. The maximum atomic E-state index is 11.8. The normalized spacial score (nSPS) is 11.0. The highest BCUT2D eigenvalue weighted by Crippen LogP contribution is 2.15. The summed E-state index contributed by atoms with van der Waals surface area (Å²) in [6.45, 7) is 5.97. The fourth-order valence-corrected chi connectivity index (χ4v) is 1.81. The number of aromatic nitrogens is 2. The zero-order valence-corrected chi connectivity index (χ0v) is 13.0. The van der Waals surface area contributed by atoms with Crippen LogP contribution >= 0.6 is 0 Å².